The third kappa shape index (κ3) is 52.2. The molecule has 0 bridgehead atoms. The van der Waals surface area contributed by atoms with Crippen molar-refractivity contribution in [3.63, 3.8) is 0 Å². The number of hydrogen-bond donors (Lipinski definition) is 1. The third-order valence-corrected chi connectivity index (χ3v) is 21.8. The van der Waals surface area contributed by atoms with Gasteiger partial charge in [-0.3, -0.25) is 4.99 Å². The number of unbranched alkanes of at least 4 members (excludes halogenated alkanes) is 54. The molecule has 0 saturated carbocycles. The molecular formula is C101H166N2O10. The van der Waals surface area contributed by atoms with Gasteiger partial charge in [-0.2, -0.15) is 0 Å². The Morgan fingerprint density at radius 3 is 0.726 bits per heavy atom. The quantitative estimate of drug-likeness (QED) is 0.0196. The second kappa shape index (κ2) is 72.3. The third-order valence-electron chi connectivity index (χ3n) is 21.8. The van der Waals surface area contributed by atoms with E-state index in [9.17, 15) is 9.59 Å². The molecule has 0 aliphatic rings. The smallest absolute Gasteiger partial charge is 0.343 e. The fourth-order valence-corrected chi connectivity index (χ4v) is 14.6. The van der Waals surface area contributed by atoms with Crippen LogP contribution in [0.5, 0.6) is 46.0 Å². The Kier molecular flexibility index (Phi) is 63.5. The monoisotopic (exact) mass is 1570 g/mol. The number of rotatable bonds is 80. The molecule has 0 unspecified atom stereocenters. The van der Waals surface area contributed by atoms with E-state index in [1.807, 2.05) is 30.3 Å². The normalized spacial score (nSPS) is 11.5. The molecule has 0 saturated heterocycles. The maximum Gasteiger partial charge on any atom is 0.343 e. The largest absolute Gasteiger partial charge is 0.490 e. The van der Waals surface area contributed by atoms with Crippen LogP contribution < -0.4 is 43.2 Å². The highest BCUT2D eigenvalue weighted by Gasteiger charge is 2.23. The van der Waals surface area contributed by atoms with E-state index in [0.29, 0.717) is 102 Å². The summed E-state index contributed by atoms with van der Waals surface area (Å²) in [6.45, 7) is 16.9. The van der Waals surface area contributed by atoms with E-state index in [0.717, 1.165) is 82.7 Å². The van der Waals surface area contributed by atoms with Gasteiger partial charge < -0.3 is 43.2 Å². The zero-order valence-corrected chi connectivity index (χ0v) is 73.4. The van der Waals surface area contributed by atoms with Crippen LogP contribution >= 0.6 is 0 Å². The molecule has 640 valence electrons. The maximum absolute atomic E-state index is 14.2. The van der Waals surface area contributed by atoms with Crippen LogP contribution in [0.3, 0.4) is 0 Å². The first-order valence-corrected chi connectivity index (χ1v) is 47.6. The number of esters is 2. The molecule has 0 atom stereocenters. The number of hydrogen-bond acceptors (Lipinski definition) is 12. The highest BCUT2D eigenvalue weighted by molar-refractivity contribution is 5.93. The Morgan fingerprint density at radius 2 is 0.487 bits per heavy atom. The van der Waals surface area contributed by atoms with Crippen LogP contribution in [-0.4, -0.2) is 57.8 Å². The molecular weight excluding hydrogens is 1400 g/mol. The van der Waals surface area contributed by atoms with Gasteiger partial charge in [0.05, 0.1) is 56.5 Å². The average molecular weight is 1570 g/mol. The van der Waals surface area contributed by atoms with Gasteiger partial charge >= 0.3 is 11.9 Å². The predicted molar refractivity (Wildman–Crippen MR) is 481 cm³/mol. The summed E-state index contributed by atoms with van der Waals surface area (Å²) < 4.78 is 51.8. The zero-order chi connectivity index (χ0) is 80.4. The van der Waals surface area contributed by atoms with Gasteiger partial charge in [0.15, 0.2) is 23.0 Å². The van der Waals surface area contributed by atoms with Gasteiger partial charge in [-0.15, -0.1) is 0 Å². The summed E-state index contributed by atoms with van der Waals surface area (Å²) in [6, 6.07) is 21.7. The molecule has 0 aliphatic heterocycles. The number of ether oxygens (including phenoxy) is 8. The number of nitrogens with one attached hydrogen (secondary N) is 1. The number of allylic oxidation sites excluding steroid dienone is 1. The number of nitrogens with zero attached hydrogens (tertiary/aromatic N) is 1. The van der Waals surface area contributed by atoms with Crippen molar-refractivity contribution in [2.24, 2.45) is 4.99 Å². The van der Waals surface area contributed by atoms with Crippen molar-refractivity contribution in [3.8, 4) is 46.0 Å². The Labute approximate surface area is 692 Å². The first kappa shape index (κ1) is 99.2. The number of carbonyl (C=O) groups is 2. The molecule has 0 amide bonds. The lowest BCUT2D eigenvalue weighted by Gasteiger charge is -2.19. The van der Waals surface area contributed by atoms with Gasteiger partial charge in [0, 0.05) is 18.1 Å². The summed E-state index contributed by atoms with van der Waals surface area (Å²) in [4.78, 5) is 33.1. The summed E-state index contributed by atoms with van der Waals surface area (Å²) in [5, 5.41) is 3.30. The van der Waals surface area contributed by atoms with Gasteiger partial charge in [0.25, 0.3) is 0 Å². The molecule has 0 radical (unpaired) electrons. The lowest BCUT2D eigenvalue weighted by molar-refractivity contribution is 0.0724. The number of benzene rings is 4. The van der Waals surface area contributed by atoms with Gasteiger partial charge in [-0.05, 0) is 117 Å². The van der Waals surface area contributed by atoms with Crippen molar-refractivity contribution in [2.75, 3.05) is 45.0 Å². The van der Waals surface area contributed by atoms with Crippen LogP contribution in [-0.2, 0) is 0 Å². The van der Waals surface area contributed by atoms with E-state index < -0.39 is 11.9 Å². The van der Waals surface area contributed by atoms with Crippen molar-refractivity contribution in [3.05, 3.63) is 96.2 Å². The average Bonchev–Trinajstić information content (AvgIpc) is 0.817. The standard InChI is InChI=1S/C101H166N2O10/c1-7-13-19-25-31-37-43-49-55-61-78-106-94-84-88(85-95(107-79-62-56-50-44-38-32-26-20-14-8-2)98(94)110-82-65-59-53-47-41-35-29-23-17-11-5)100(104)112-92-72-68-90(69-73-92)102-76-67-77-103-91-70-74-93(75-71-91)113-101(105)89-86-96(108-80-63-57-51-45-39-33-27-21-15-9-3)99(111-83-66-60-54-48-42-36-30-24-18-12-6)97(87-89)109-81-64-58-52-46-40-34-28-22-16-10-4/h67-77,84-87,102H,7-66,78-83H2,1-6H3/b76-67+,103-77?. The number of aliphatic imine (C=N–C) groups is 1. The molecule has 0 fully saturated rings. The first-order chi connectivity index (χ1) is 55.8. The molecule has 0 heterocycles. The molecule has 1 N–H and O–H groups in total. The summed E-state index contributed by atoms with van der Waals surface area (Å²) in [7, 11) is 0. The van der Waals surface area contributed by atoms with Gasteiger partial charge in [0.2, 0.25) is 11.5 Å². The minimum absolute atomic E-state index is 0.354. The van der Waals surface area contributed by atoms with Crippen molar-refractivity contribution >= 4 is 29.5 Å². The van der Waals surface area contributed by atoms with Crippen molar-refractivity contribution in [1.29, 1.82) is 0 Å². The summed E-state index contributed by atoms with van der Waals surface area (Å²) in [6.07, 6.45) is 79.8. The van der Waals surface area contributed by atoms with E-state index in [1.165, 1.54) is 308 Å². The molecule has 0 spiro atoms. The van der Waals surface area contributed by atoms with Crippen LogP contribution in [0.15, 0.2) is 90.1 Å². The highest BCUT2D eigenvalue weighted by Crippen LogP contribution is 2.42. The summed E-state index contributed by atoms with van der Waals surface area (Å²) in [5.74, 6) is 3.15. The van der Waals surface area contributed by atoms with Gasteiger partial charge in [0.1, 0.15) is 11.5 Å². The van der Waals surface area contributed by atoms with Crippen LogP contribution in [0.1, 0.15) is 448 Å². The van der Waals surface area contributed by atoms with E-state index in [1.54, 1.807) is 60.9 Å². The lowest BCUT2D eigenvalue weighted by atomic mass is 10.1. The lowest BCUT2D eigenvalue weighted by Crippen LogP contribution is -2.12. The molecule has 0 aliphatic carbocycles. The zero-order valence-electron chi connectivity index (χ0n) is 73.4. The Hall–Kier alpha value is -6.17. The van der Waals surface area contributed by atoms with Gasteiger partial charge in [-0.25, -0.2) is 9.59 Å². The van der Waals surface area contributed by atoms with Crippen molar-refractivity contribution in [1.82, 2.24) is 0 Å². The fourth-order valence-electron chi connectivity index (χ4n) is 14.6. The molecule has 113 heavy (non-hydrogen) atoms. The van der Waals surface area contributed by atoms with Crippen LogP contribution in [0.25, 0.3) is 0 Å². The summed E-state index contributed by atoms with van der Waals surface area (Å²) in [5.41, 5.74) is 2.22. The Morgan fingerprint density at radius 1 is 0.274 bits per heavy atom. The molecule has 12 heteroatoms. The SMILES string of the molecule is CCCCCCCCCCCCOc1cc(C(=O)Oc2ccc(N=C/C=C/Nc3ccc(OC(=O)c4cc(OCCCCCCCCCCCC)c(OCCCCCCCCCCCC)c(OCCCCCCCCCCCC)c4)cc3)cc2)cc(OCCCCCCCCCCCC)c1OCCCCCCCCCCCC. The van der Waals surface area contributed by atoms with Crippen LogP contribution in [0.4, 0.5) is 11.4 Å². The molecule has 4 rings (SSSR count). The van der Waals surface area contributed by atoms with E-state index in [4.69, 9.17) is 37.9 Å². The number of anilines is 1. The van der Waals surface area contributed by atoms with Crippen LogP contribution in [0.2, 0.25) is 0 Å². The Bertz CT molecular complexity index is 2830. The second-order valence-corrected chi connectivity index (χ2v) is 32.4. The molecule has 4 aromatic rings. The molecule has 12 nitrogen and oxygen atoms in total. The first-order valence-electron chi connectivity index (χ1n) is 47.6. The molecule has 0 aromatic heterocycles. The van der Waals surface area contributed by atoms with Crippen LogP contribution in [0, 0.1) is 0 Å². The number of carbonyl (C=O) groups excluding carboxylic acids is 2. The maximum atomic E-state index is 14.2. The fraction of sp³-hybridized carbons (Fsp3) is 0.713. The minimum Gasteiger partial charge on any atom is -0.490 e. The van der Waals surface area contributed by atoms with Crippen molar-refractivity contribution < 1.29 is 47.5 Å². The van der Waals surface area contributed by atoms with E-state index in [-0.39, 0.29) is 0 Å². The van der Waals surface area contributed by atoms with Crippen molar-refractivity contribution in [2.45, 2.75) is 427 Å². The van der Waals surface area contributed by atoms with E-state index >= 15 is 0 Å². The molecule has 4 aromatic carbocycles. The minimum atomic E-state index is -0.497. The van der Waals surface area contributed by atoms with Gasteiger partial charge in [-0.1, -0.05) is 388 Å². The highest BCUT2D eigenvalue weighted by atomic mass is 16.6. The predicted octanol–water partition coefficient (Wildman–Crippen LogP) is 32.3. The summed E-state index contributed by atoms with van der Waals surface area (Å²) >= 11 is 0. The van der Waals surface area contributed by atoms with E-state index in [2.05, 4.69) is 51.9 Å². The topological polar surface area (TPSA) is 132 Å². The second-order valence-electron chi connectivity index (χ2n) is 32.4. The Balaban J connectivity index is 1.43.